The summed E-state index contributed by atoms with van der Waals surface area (Å²) < 4.78 is 6.88. The third-order valence-corrected chi connectivity index (χ3v) is 4.76. The maximum absolute atomic E-state index is 9.42. The summed E-state index contributed by atoms with van der Waals surface area (Å²) in [6.45, 7) is 0. The summed E-state index contributed by atoms with van der Waals surface area (Å²) in [6.07, 6.45) is 1.53. The Hall–Kier alpha value is -3.88. The van der Waals surface area contributed by atoms with Gasteiger partial charge < -0.3 is 10.2 Å². The highest BCUT2D eigenvalue weighted by atomic mass is 32.1. The van der Waals surface area contributed by atoms with Gasteiger partial charge in [0.15, 0.2) is 16.6 Å². The molecule has 0 unspecified atom stereocenters. The lowest BCUT2D eigenvalue weighted by atomic mass is 10.1. The van der Waals surface area contributed by atoms with Crippen molar-refractivity contribution in [3.8, 4) is 22.9 Å². The van der Waals surface area contributed by atoms with Crippen LogP contribution in [0.5, 0.6) is 0 Å². The van der Waals surface area contributed by atoms with Crippen molar-refractivity contribution < 1.29 is 4.42 Å². The molecule has 0 saturated carbocycles. The molecule has 3 aromatic heterocycles. The first kappa shape index (κ1) is 15.6. The minimum atomic E-state index is 0.0539. The quantitative estimate of drug-likeness (QED) is 0.536. The van der Waals surface area contributed by atoms with Crippen LogP contribution in [-0.2, 0) is 0 Å². The summed E-state index contributed by atoms with van der Waals surface area (Å²) >= 11 is 1.53. The number of thiazole rings is 1. The Morgan fingerprint density at radius 2 is 2.08 bits per heavy atom. The summed E-state index contributed by atoms with van der Waals surface area (Å²) in [4.78, 5) is 4.55. The van der Waals surface area contributed by atoms with E-state index in [2.05, 4.69) is 15.2 Å². The Bertz CT molecular complexity index is 1200. The molecular formula is C18H10N6OS. The molecule has 1 aromatic carbocycles. The first-order valence-corrected chi connectivity index (χ1v) is 8.33. The molecule has 0 amide bonds. The average Bonchev–Trinajstić information content (AvgIpc) is 3.37. The van der Waals surface area contributed by atoms with Crippen LogP contribution in [0.2, 0.25) is 0 Å². The standard InChI is InChI=1S/C18H10N6OS/c19-8-10(16-12(9-20)17(21)24-23-16)7-11-5-6-14(25-11)18-22-13-3-1-2-4-15(13)26-18/h1-7H,(H3,21,23,24)/b10-7-. The van der Waals surface area contributed by atoms with Crippen molar-refractivity contribution in [2.24, 2.45) is 0 Å². The van der Waals surface area contributed by atoms with Crippen molar-refractivity contribution in [2.75, 3.05) is 5.73 Å². The molecule has 7 nitrogen and oxygen atoms in total. The van der Waals surface area contributed by atoms with Crippen molar-refractivity contribution in [2.45, 2.75) is 0 Å². The molecule has 0 radical (unpaired) electrons. The molecule has 3 N–H and O–H groups in total. The van der Waals surface area contributed by atoms with E-state index in [9.17, 15) is 5.26 Å². The Labute approximate surface area is 151 Å². The number of benzene rings is 1. The fraction of sp³-hybridized carbons (Fsp3) is 0. The smallest absolute Gasteiger partial charge is 0.163 e. The van der Waals surface area contributed by atoms with Crippen LogP contribution >= 0.6 is 11.3 Å². The monoisotopic (exact) mass is 358 g/mol. The average molecular weight is 358 g/mol. The number of H-pyrrole nitrogens is 1. The summed E-state index contributed by atoms with van der Waals surface area (Å²) in [5, 5.41) is 25.7. The molecule has 0 aliphatic rings. The van der Waals surface area contributed by atoms with Crippen LogP contribution in [0.3, 0.4) is 0 Å². The lowest BCUT2D eigenvalue weighted by molar-refractivity contribution is 0.571. The van der Waals surface area contributed by atoms with Crippen LogP contribution in [0.4, 0.5) is 5.82 Å². The first-order valence-electron chi connectivity index (χ1n) is 7.51. The molecule has 0 saturated heterocycles. The topological polar surface area (TPSA) is 128 Å². The largest absolute Gasteiger partial charge is 0.454 e. The Balaban J connectivity index is 1.72. The molecule has 0 aliphatic carbocycles. The van der Waals surface area contributed by atoms with E-state index in [0.29, 0.717) is 11.5 Å². The maximum atomic E-state index is 9.42. The zero-order valence-corrected chi connectivity index (χ0v) is 14.0. The van der Waals surface area contributed by atoms with Gasteiger partial charge in [-0.1, -0.05) is 12.1 Å². The van der Waals surface area contributed by atoms with Crippen molar-refractivity contribution in [1.29, 1.82) is 10.5 Å². The van der Waals surface area contributed by atoms with E-state index in [1.807, 2.05) is 36.4 Å². The van der Waals surface area contributed by atoms with Crippen molar-refractivity contribution in [3.63, 3.8) is 0 Å². The number of nitriles is 2. The summed E-state index contributed by atoms with van der Waals surface area (Å²) in [6, 6.07) is 15.4. The van der Waals surface area contributed by atoms with E-state index < -0.39 is 0 Å². The van der Waals surface area contributed by atoms with Crippen molar-refractivity contribution >= 4 is 39.0 Å². The van der Waals surface area contributed by atoms with Gasteiger partial charge in [-0.3, -0.25) is 5.10 Å². The van der Waals surface area contributed by atoms with E-state index in [1.54, 1.807) is 12.1 Å². The third kappa shape index (κ3) is 2.61. The fourth-order valence-corrected chi connectivity index (χ4v) is 3.42. The van der Waals surface area contributed by atoms with Crippen LogP contribution < -0.4 is 5.73 Å². The number of para-hydroxylation sites is 1. The number of allylic oxidation sites excluding steroid dienone is 1. The highest BCUT2D eigenvalue weighted by molar-refractivity contribution is 7.21. The number of anilines is 1. The number of fused-ring (bicyclic) bond motifs is 1. The highest BCUT2D eigenvalue weighted by Gasteiger charge is 2.16. The maximum Gasteiger partial charge on any atom is 0.163 e. The minimum absolute atomic E-state index is 0.0539. The van der Waals surface area contributed by atoms with Gasteiger partial charge in [0.1, 0.15) is 23.5 Å². The second kappa shape index (κ2) is 6.20. The van der Waals surface area contributed by atoms with Crippen LogP contribution in [-0.4, -0.2) is 15.2 Å². The SMILES string of the molecule is N#C/C(=C/c1ccc(-c2nc3ccccc3s2)o1)c1[nH]nc(N)c1C#N. The number of nitrogens with one attached hydrogen (secondary N) is 1. The van der Waals surface area contributed by atoms with Crippen LogP contribution in [0.1, 0.15) is 17.0 Å². The van der Waals surface area contributed by atoms with Gasteiger partial charge in [-0.05, 0) is 24.3 Å². The zero-order chi connectivity index (χ0) is 18.1. The fourth-order valence-electron chi connectivity index (χ4n) is 2.49. The second-order valence-corrected chi connectivity index (χ2v) is 6.36. The number of aromatic amines is 1. The number of nitrogens with zero attached hydrogens (tertiary/aromatic N) is 4. The van der Waals surface area contributed by atoms with Crippen molar-refractivity contribution in [3.05, 3.63) is 53.4 Å². The van der Waals surface area contributed by atoms with E-state index in [0.717, 1.165) is 15.2 Å². The van der Waals surface area contributed by atoms with Gasteiger partial charge in [0.25, 0.3) is 0 Å². The summed E-state index contributed by atoms with van der Waals surface area (Å²) in [5.74, 6) is 1.13. The summed E-state index contributed by atoms with van der Waals surface area (Å²) in [7, 11) is 0. The molecule has 0 fully saturated rings. The van der Waals surface area contributed by atoms with Gasteiger partial charge in [0, 0.05) is 6.08 Å². The summed E-state index contributed by atoms with van der Waals surface area (Å²) in [5.41, 5.74) is 7.14. The lowest BCUT2D eigenvalue weighted by Crippen LogP contribution is -1.89. The molecule has 0 spiro atoms. The van der Waals surface area contributed by atoms with Gasteiger partial charge in [-0.25, -0.2) is 4.98 Å². The number of nitrogens with two attached hydrogens (primary N) is 1. The Kier molecular flexibility index (Phi) is 3.73. The van der Waals surface area contributed by atoms with Gasteiger partial charge >= 0.3 is 0 Å². The lowest BCUT2D eigenvalue weighted by Gasteiger charge is -1.94. The van der Waals surface area contributed by atoms with Gasteiger partial charge in [0.05, 0.1) is 21.5 Å². The Morgan fingerprint density at radius 1 is 1.23 bits per heavy atom. The Morgan fingerprint density at radius 3 is 2.85 bits per heavy atom. The molecule has 4 rings (SSSR count). The van der Waals surface area contributed by atoms with Crippen LogP contribution in [0.15, 0.2) is 40.8 Å². The molecule has 124 valence electrons. The number of hydrogen-bond acceptors (Lipinski definition) is 7. The molecule has 0 aliphatic heterocycles. The van der Waals surface area contributed by atoms with Gasteiger partial charge in [0.2, 0.25) is 0 Å². The predicted octanol–water partition coefficient (Wildman–Crippen LogP) is 3.80. The van der Waals surface area contributed by atoms with Crippen LogP contribution in [0.25, 0.3) is 32.6 Å². The van der Waals surface area contributed by atoms with Gasteiger partial charge in [-0.2, -0.15) is 15.6 Å². The predicted molar refractivity (Wildman–Crippen MR) is 98.5 cm³/mol. The molecule has 4 aromatic rings. The van der Waals surface area contributed by atoms with E-state index in [1.165, 1.54) is 17.4 Å². The molecule has 0 bridgehead atoms. The van der Waals surface area contributed by atoms with E-state index >= 15 is 0 Å². The van der Waals surface area contributed by atoms with E-state index in [4.69, 9.17) is 15.4 Å². The second-order valence-electron chi connectivity index (χ2n) is 5.33. The molecule has 8 heteroatoms. The first-order chi connectivity index (χ1) is 12.7. The van der Waals surface area contributed by atoms with Crippen molar-refractivity contribution in [1.82, 2.24) is 15.2 Å². The van der Waals surface area contributed by atoms with Gasteiger partial charge in [-0.15, -0.1) is 11.3 Å². The zero-order valence-electron chi connectivity index (χ0n) is 13.2. The normalized spacial score (nSPS) is 11.4. The number of aromatic nitrogens is 3. The minimum Gasteiger partial charge on any atom is -0.454 e. The number of nitrogen functional groups attached to an aromatic ring is 1. The highest BCUT2D eigenvalue weighted by Crippen LogP contribution is 2.32. The third-order valence-electron chi connectivity index (χ3n) is 3.71. The molecule has 3 heterocycles. The number of rotatable bonds is 3. The molecule has 26 heavy (non-hydrogen) atoms. The number of furan rings is 1. The molecular weight excluding hydrogens is 348 g/mol. The van der Waals surface area contributed by atoms with E-state index in [-0.39, 0.29) is 22.6 Å². The molecule has 0 atom stereocenters. The van der Waals surface area contributed by atoms with Crippen LogP contribution in [0, 0.1) is 22.7 Å². The number of hydrogen-bond donors (Lipinski definition) is 2.